The highest BCUT2D eigenvalue weighted by Gasteiger charge is 2.27. The van der Waals surface area contributed by atoms with Gasteiger partial charge < -0.3 is 10.2 Å². The summed E-state index contributed by atoms with van der Waals surface area (Å²) in [7, 11) is 0. The van der Waals surface area contributed by atoms with E-state index in [1.54, 1.807) is 47.8 Å². The van der Waals surface area contributed by atoms with Crippen LogP contribution < -0.4 is 5.32 Å². The molecule has 1 fully saturated rings. The van der Waals surface area contributed by atoms with Crippen molar-refractivity contribution in [3.05, 3.63) is 64.5 Å². The molecule has 1 aromatic carbocycles. The summed E-state index contributed by atoms with van der Waals surface area (Å²) in [5.41, 5.74) is 2.09. The Morgan fingerprint density at radius 3 is 2.80 bits per heavy atom. The summed E-state index contributed by atoms with van der Waals surface area (Å²) in [5, 5.41) is 6.20. The van der Waals surface area contributed by atoms with Crippen molar-refractivity contribution in [2.75, 3.05) is 13.1 Å². The Kier molecular flexibility index (Phi) is 6.35. The van der Waals surface area contributed by atoms with Gasteiger partial charge in [-0.05, 0) is 31.0 Å². The molecule has 0 unspecified atom stereocenters. The number of likely N-dealkylation sites (tertiary alicyclic amines) is 1. The molecule has 2 amide bonds. The molecular formula is C21H20ClN5O2S. The van der Waals surface area contributed by atoms with Crippen LogP contribution in [0.4, 0.5) is 0 Å². The number of piperidine rings is 1. The average Bonchev–Trinajstić information content (AvgIpc) is 3.27. The van der Waals surface area contributed by atoms with Crippen LogP contribution in [0.25, 0.3) is 10.7 Å². The number of nitrogens with zero attached hydrogens (tertiary/aromatic N) is 4. The van der Waals surface area contributed by atoms with Gasteiger partial charge in [-0.1, -0.05) is 17.7 Å². The molecule has 154 valence electrons. The van der Waals surface area contributed by atoms with E-state index < -0.39 is 0 Å². The summed E-state index contributed by atoms with van der Waals surface area (Å²) in [6.45, 7) is 1.48. The molecule has 0 atom stereocenters. The summed E-state index contributed by atoms with van der Waals surface area (Å²) < 4.78 is 0. The van der Waals surface area contributed by atoms with E-state index in [4.69, 9.17) is 11.6 Å². The molecule has 0 aliphatic carbocycles. The first-order valence-electron chi connectivity index (χ1n) is 9.63. The molecule has 0 bridgehead atoms. The van der Waals surface area contributed by atoms with Crippen molar-refractivity contribution < 1.29 is 9.59 Å². The second-order valence-corrected chi connectivity index (χ2v) is 8.32. The normalized spacial score (nSPS) is 14.5. The van der Waals surface area contributed by atoms with Gasteiger partial charge in [-0.2, -0.15) is 0 Å². The fourth-order valence-electron chi connectivity index (χ4n) is 3.39. The minimum atomic E-state index is -0.105. The van der Waals surface area contributed by atoms with Crippen molar-refractivity contribution in [1.82, 2.24) is 25.2 Å². The number of hydrogen-bond acceptors (Lipinski definition) is 6. The lowest BCUT2D eigenvalue weighted by Gasteiger charge is -2.31. The lowest BCUT2D eigenvalue weighted by Crippen LogP contribution is -2.42. The fourth-order valence-corrected chi connectivity index (χ4v) is 4.36. The van der Waals surface area contributed by atoms with E-state index >= 15 is 0 Å². The number of hydrogen-bond donors (Lipinski definition) is 1. The quantitative estimate of drug-likeness (QED) is 0.655. The first kappa shape index (κ1) is 20.4. The molecule has 0 spiro atoms. The Morgan fingerprint density at radius 1 is 1.23 bits per heavy atom. The van der Waals surface area contributed by atoms with Crippen LogP contribution in [0.3, 0.4) is 0 Å². The Morgan fingerprint density at radius 2 is 2.07 bits per heavy atom. The number of carbonyl (C=O) groups is 2. The van der Waals surface area contributed by atoms with Crippen LogP contribution in [0.15, 0.2) is 48.2 Å². The molecule has 9 heteroatoms. The zero-order chi connectivity index (χ0) is 20.9. The Hall–Kier alpha value is -2.84. The number of halogens is 1. The smallest absolute Gasteiger partial charge is 0.253 e. The first-order valence-corrected chi connectivity index (χ1v) is 10.9. The molecule has 1 aliphatic rings. The van der Waals surface area contributed by atoms with Crippen molar-refractivity contribution in [1.29, 1.82) is 0 Å². The average molecular weight is 442 g/mol. The van der Waals surface area contributed by atoms with Crippen LogP contribution in [0.5, 0.6) is 0 Å². The number of carbonyl (C=O) groups excluding carboxylic acids is 2. The molecule has 1 aliphatic heterocycles. The van der Waals surface area contributed by atoms with Gasteiger partial charge in [0.2, 0.25) is 5.91 Å². The number of thiazole rings is 1. The van der Waals surface area contributed by atoms with E-state index in [2.05, 4.69) is 20.3 Å². The molecular weight excluding hydrogens is 422 g/mol. The third-order valence-corrected chi connectivity index (χ3v) is 6.15. The number of rotatable bonds is 5. The predicted octanol–water partition coefficient (Wildman–Crippen LogP) is 3.42. The van der Waals surface area contributed by atoms with Gasteiger partial charge in [0.1, 0.15) is 10.7 Å². The van der Waals surface area contributed by atoms with Crippen LogP contribution in [0, 0.1) is 5.92 Å². The molecule has 0 radical (unpaired) electrons. The van der Waals surface area contributed by atoms with Crippen LogP contribution >= 0.6 is 22.9 Å². The third kappa shape index (κ3) is 4.83. The highest BCUT2D eigenvalue weighted by molar-refractivity contribution is 7.13. The van der Waals surface area contributed by atoms with Crippen molar-refractivity contribution in [3.8, 4) is 10.7 Å². The molecule has 3 heterocycles. The van der Waals surface area contributed by atoms with Gasteiger partial charge in [-0.15, -0.1) is 11.3 Å². The lowest BCUT2D eigenvalue weighted by atomic mass is 9.95. The minimum Gasteiger partial charge on any atom is -0.350 e. The van der Waals surface area contributed by atoms with Gasteiger partial charge in [0.05, 0.1) is 18.4 Å². The molecule has 7 nitrogen and oxygen atoms in total. The van der Waals surface area contributed by atoms with Crippen LogP contribution in [-0.4, -0.2) is 44.8 Å². The number of amides is 2. The van der Waals surface area contributed by atoms with Crippen molar-refractivity contribution in [3.63, 3.8) is 0 Å². The highest BCUT2D eigenvalue weighted by atomic mass is 35.5. The molecule has 0 saturated carbocycles. The lowest BCUT2D eigenvalue weighted by molar-refractivity contribution is -0.126. The second-order valence-electron chi connectivity index (χ2n) is 7.03. The summed E-state index contributed by atoms with van der Waals surface area (Å²) >= 11 is 7.45. The maximum atomic E-state index is 12.6. The summed E-state index contributed by atoms with van der Waals surface area (Å²) in [6, 6.07) is 6.94. The van der Waals surface area contributed by atoms with Gasteiger partial charge in [-0.3, -0.25) is 19.6 Å². The Balaban J connectivity index is 1.27. The van der Waals surface area contributed by atoms with Crippen molar-refractivity contribution in [2.24, 2.45) is 5.92 Å². The van der Waals surface area contributed by atoms with Crippen molar-refractivity contribution in [2.45, 2.75) is 19.4 Å². The van der Waals surface area contributed by atoms with Gasteiger partial charge in [0.25, 0.3) is 5.91 Å². The summed E-state index contributed by atoms with van der Waals surface area (Å²) in [6.07, 6.45) is 6.19. The second kappa shape index (κ2) is 9.32. The molecule has 1 N–H and O–H groups in total. The zero-order valence-electron chi connectivity index (χ0n) is 16.1. The molecule has 1 saturated heterocycles. The van der Waals surface area contributed by atoms with Gasteiger partial charge in [0.15, 0.2) is 0 Å². The summed E-state index contributed by atoms with van der Waals surface area (Å²) in [5.74, 6) is -0.152. The van der Waals surface area contributed by atoms with Gasteiger partial charge in [-0.25, -0.2) is 4.98 Å². The monoisotopic (exact) mass is 441 g/mol. The fraction of sp³-hybridized carbons (Fsp3) is 0.286. The number of aromatic nitrogens is 3. The number of benzene rings is 1. The van der Waals surface area contributed by atoms with Crippen molar-refractivity contribution >= 4 is 34.8 Å². The SMILES string of the molecule is O=C(NCc1csc(-c2cnccn2)n1)C1CCN(C(=O)c2cccc(Cl)c2)CC1. The third-order valence-electron chi connectivity index (χ3n) is 5.00. The van der Waals surface area contributed by atoms with E-state index in [1.807, 2.05) is 5.38 Å². The van der Waals surface area contributed by atoms with E-state index in [1.165, 1.54) is 11.3 Å². The Bertz CT molecular complexity index is 1030. The topological polar surface area (TPSA) is 88.1 Å². The zero-order valence-corrected chi connectivity index (χ0v) is 17.7. The standard InChI is InChI=1S/C21H20ClN5O2S/c22-16-3-1-2-15(10-16)21(29)27-8-4-14(5-9-27)19(28)25-11-17-13-30-20(26-17)18-12-23-6-7-24-18/h1-3,6-7,10,12-14H,4-5,8-9,11H2,(H,25,28). The molecule has 2 aromatic heterocycles. The van der Waals surface area contributed by atoms with E-state index in [9.17, 15) is 9.59 Å². The van der Waals surface area contributed by atoms with Crippen LogP contribution in [0.1, 0.15) is 28.9 Å². The van der Waals surface area contributed by atoms with Gasteiger partial charge in [0, 0.05) is 47.4 Å². The number of nitrogens with one attached hydrogen (secondary N) is 1. The summed E-state index contributed by atoms with van der Waals surface area (Å²) in [4.78, 5) is 39.7. The van der Waals surface area contributed by atoms with Crippen LogP contribution in [-0.2, 0) is 11.3 Å². The maximum Gasteiger partial charge on any atom is 0.253 e. The molecule has 4 rings (SSSR count). The Labute approximate surface area is 183 Å². The van der Waals surface area contributed by atoms with E-state index in [0.29, 0.717) is 43.1 Å². The van der Waals surface area contributed by atoms with Gasteiger partial charge >= 0.3 is 0 Å². The molecule has 3 aromatic rings. The van der Waals surface area contributed by atoms with Crippen LogP contribution in [0.2, 0.25) is 5.02 Å². The highest BCUT2D eigenvalue weighted by Crippen LogP contribution is 2.22. The maximum absolute atomic E-state index is 12.6. The largest absolute Gasteiger partial charge is 0.350 e. The van der Waals surface area contributed by atoms with E-state index in [-0.39, 0.29) is 17.7 Å². The minimum absolute atomic E-state index is 0.00101. The van der Waals surface area contributed by atoms with E-state index in [0.717, 1.165) is 16.4 Å². The predicted molar refractivity (Wildman–Crippen MR) is 115 cm³/mol. The molecule has 30 heavy (non-hydrogen) atoms. The first-order chi connectivity index (χ1) is 14.6.